The molecule has 11 heteroatoms. The first-order chi connectivity index (χ1) is 15.1. The molecule has 0 amide bonds. The SMILES string of the molecule is COc1cc(-c2ccco2)cc(Cl)c1OC.COc1cc(OS(C)(=O)=O)cc(Cl)c1OC. The highest BCUT2D eigenvalue weighted by Gasteiger charge is 2.14. The Balaban J connectivity index is 0.000000227. The first-order valence-electron chi connectivity index (χ1n) is 8.89. The molecule has 2 aromatic carbocycles. The van der Waals surface area contributed by atoms with E-state index in [9.17, 15) is 8.42 Å². The molecule has 3 rings (SSSR count). The summed E-state index contributed by atoms with van der Waals surface area (Å²) in [7, 11) is 2.37. The van der Waals surface area contributed by atoms with E-state index in [1.54, 1.807) is 26.5 Å². The average molecular weight is 505 g/mol. The van der Waals surface area contributed by atoms with Gasteiger partial charge in [-0.2, -0.15) is 8.42 Å². The van der Waals surface area contributed by atoms with Gasteiger partial charge in [0.1, 0.15) is 11.5 Å². The summed E-state index contributed by atoms with van der Waals surface area (Å²) in [5.41, 5.74) is 0.854. The second-order valence-electron chi connectivity index (χ2n) is 6.10. The van der Waals surface area contributed by atoms with Crippen LogP contribution in [0.15, 0.2) is 47.1 Å². The lowest BCUT2D eigenvalue weighted by Crippen LogP contribution is -2.06. The number of halogens is 2. The molecule has 8 nitrogen and oxygen atoms in total. The van der Waals surface area contributed by atoms with Crippen molar-refractivity contribution in [2.75, 3.05) is 34.7 Å². The normalized spacial score (nSPS) is 10.6. The molecule has 0 atom stereocenters. The summed E-state index contributed by atoms with van der Waals surface area (Å²) in [6, 6.07) is 10.00. The van der Waals surface area contributed by atoms with Crippen LogP contribution in [0.3, 0.4) is 0 Å². The summed E-state index contributed by atoms with van der Waals surface area (Å²) < 4.78 is 52.2. The summed E-state index contributed by atoms with van der Waals surface area (Å²) in [5, 5.41) is 0.703. The maximum Gasteiger partial charge on any atom is 0.306 e. The van der Waals surface area contributed by atoms with Gasteiger partial charge in [0.2, 0.25) is 0 Å². The third-order valence-electron chi connectivity index (χ3n) is 3.89. The minimum Gasteiger partial charge on any atom is -0.493 e. The molecule has 0 aliphatic rings. The molecule has 174 valence electrons. The Morgan fingerprint density at radius 2 is 1.38 bits per heavy atom. The molecular weight excluding hydrogens is 483 g/mol. The van der Waals surface area contributed by atoms with Crippen molar-refractivity contribution in [2.24, 2.45) is 0 Å². The zero-order valence-corrected chi connectivity index (χ0v) is 20.3. The highest BCUT2D eigenvalue weighted by Crippen LogP contribution is 2.40. The number of hydrogen-bond acceptors (Lipinski definition) is 8. The van der Waals surface area contributed by atoms with Crippen LogP contribution < -0.4 is 23.1 Å². The second kappa shape index (κ2) is 11.2. The molecule has 0 fully saturated rings. The molecule has 0 bridgehead atoms. The lowest BCUT2D eigenvalue weighted by atomic mass is 10.1. The number of ether oxygens (including phenoxy) is 4. The van der Waals surface area contributed by atoms with E-state index in [-0.39, 0.29) is 10.8 Å². The molecule has 32 heavy (non-hydrogen) atoms. The van der Waals surface area contributed by atoms with E-state index in [2.05, 4.69) is 4.18 Å². The Morgan fingerprint density at radius 3 is 1.84 bits per heavy atom. The van der Waals surface area contributed by atoms with E-state index in [1.807, 2.05) is 18.2 Å². The first kappa shape index (κ1) is 25.5. The standard InChI is InChI=1S/C12H11ClO3.C9H11ClO5S/c1-14-11-7-8(10-4-3-5-16-10)6-9(13)12(11)15-2;1-13-8-5-6(15-16(3,11)12)4-7(10)9(8)14-2/h3-7H,1-2H3;4-5H,1-3H3. The lowest BCUT2D eigenvalue weighted by molar-refractivity contribution is 0.353. The molecule has 3 aromatic rings. The highest BCUT2D eigenvalue weighted by atomic mass is 35.5. The summed E-state index contributed by atoms with van der Waals surface area (Å²) in [4.78, 5) is 0. The van der Waals surface area contributed by atoms with Gasteiger partial charge in [-0.15, -0.1) is 0 Å². The highest BCUT2D eigenvalue weighted by molar-refractivity contribution is 7.86. The summed E-state index contributed by atoms with van der Waals surface area (Å²) >= 11 is 11.9. The van der Waals surface area contributed by atoms with Crippen LogP contribution >= 0.6 is 23.2 Å². The molecule has 0 radical (unpaired) electrons. The molecule has 1 heterocycles. The Labute approximate surface area is 196 Å². The van der Waals surface area contributed by atoms with Crippen LogP contribution in [0.25, 0.3) is 11.3 Å². The van der Waals surface area contributed by atoms with Gasteiger partial charge in [0, 0.05) is 17.7 Å². The Morgan fingerprint density at radius 1 is 0.812 bits per heavy atom. The van der Waals surface area contributed by atoms with Crippen LogP contribution in [-0.2, 0) is 10.1 Å². The predicted octanol–water partition coefficient (Wildman–Crippen LogP) is 5.31. The van der Waals surface area contributed by atoms with Crippen LogP contribution in [0, 0.1) is 0 Å². The van der Waals surface area contributed by atoms with Crippen LogP contribution in [0.5, 0.6) is 28.7 Å². The van der Waals surface area contributed by atoms with Gasteiger partial charge in [0.05, 0.1) is 51.0 Å². The van der Waals surface area contributed by atoms with Gasteiger partial charge < -0.3 is 27.5 Å². The van der Waals surface area contributed by atoms with E-state index >= 15 is 0 Å². The smallest absolute Gasteiger partial charge is 0.306 e. The number of methoxy groups -OCH3 is 4. The van der Waals surface area contributed by atoms with Gasteiger partial charge in [-0.05, 0) is 24.3 Å². The number of rotatable bonds is 7. The van der Waals surface area contributed by atoms with Gasteiger partial charge in [-0.3, -0.25) is 0 Å². The van der Waals surface area contributed by atoms with Gasteiger partial charge >= 0.3 is 10.1 Å². The quantitative estimate of drug-likeness (QED) is 0.399. The van der Waals surface area contributed by atoms with Crippen LogP contribution in [0.4, 0.5) is 0 Å². The molecule has 0 saturated carbocycles. The van der Waals surface area contributed by atoms with E-state index in [1.165, 1.54) is 26.4 Å². The van der Waals surface area contributed by atoms with Gasteiger partial charge in [0.15, 0.2) is 23.0 Å². The number of hydrogen-bond donors (Lipinski definition) is 0. The molecule has 1 aromatic heterocycles. The Kier molecular flexibility index (Phi) is 8.94. The van der Waals surface area contributed by atoms with Crippen molar-refractivity contribution in [3.8, 4) is 40.1 Å². The fourth-order valence-electron chi connectivity index (χ4n) is 2.62. The minimum absolute atomic E-state index is 0.0742. The van der Waals surface area contributed by atoms with Crippen molar-refractivity contribution in [1.29, 1.82) is 0 Å². The van der Waals surface area contributed by atoms with Crippen molar-refractivity contribution in [1.82, 2.24) is 0 Å². The minimum atomic E-state index is -3.59. The van der Waals surface area contributed by atoms with Crippen LogP contribution in [-0.4, -0.2) is 43.1 Å². The van der Waals surface area contributed by atoms with Crippen molar-refractivity contribution < 1.29 is 36.0 Å². The third-order valence-corrected chi connectivity index (χ3v) is 4.95. The zero-order chi connectivity index (χ0) is 23.9. The van der Waals surface area contributed by atoms with Crippen LogP contribution in [0.1, 0.15) is 0 Å². The second-order valence-corrected chi connectivity index (χ2v) is 8.49. The Bertz CT molecular complexity index is 1150. The fourth-order valence-corrected chi connectivity index (χ4v) is 3.63. The fraction of sp³-hybridized carbons (Fsp3) is 0.238. The van der Waals surface area contributed by atoms with E-state index in [0.29, 0.717) is 28.0 Å². The van der Waals surface area contributed by atoms with Crippen molar-refractivity contribution >= 4 is 33.3 Å². The van der Waals surface area contributed by atoms with Crippen molar-refractivity contribution in [2.45, 2.75) is 0 Å². The molecule has 0 spiro atoms. The number of benzene rings is 2. The zero-order valence-electron chi connectivity index (χ0n) is 18.0. The molecular formula is C21H22Cl2O8S. The Hall–Kier alpha value is -2.75. The van der Waals surface area contributed by atoms with Gasteiger partial charge in [-0.25, -0.2) is 0 Å². The lowest BCUT2D eigenvalue weighted by Gasteiger charge is -2.11. The molecule has 0 aliphatic heterocycles. The monoisotopic (exact) mass is 504 g/mol. The van der Waals surface area contributed by atoms with E-state index in [4.69, 9.17) is 46.6 Å². The summed E-state index contributed by atoms with van der Waals surface area (Å²) in [6.45, 7) is 0. The summed E-state index contributed by atoms with van der Waals surface area (Å²) in [6.07, 6.45) is 2.55. The third kappa shape index (κ3) is 6.62. The van der Waals surface area contributed by atoms with Gasteiger partial charge in [0.25, 0.3) is 0 Å². The maximum absolute atomic E-state index is 10.9. The molecule has 0 N–H and O–H groups in total. The van der Waals surface area contributed by atoms with Crippen molar-refractivity contribution in [3.63, 3.8) is 0 Å². The molecule has 0 saturated heterocycles. The van der Waals surface area contributed by atoms with E-state index < -0.39 is 10.1 Å². The molecule has 0 unspecified atom stereocenters. The topological polar surface area (TPSA) is 93.4 Å². The van der Waals surface area contributed by atoms with Crippen LogP contribution in [0.2, 0.25) is 10.0 Å². The van der Waals surface area contributed by atoms with E-state index in [0.717, 1.165) is 17.6 Å². The molecule has 0 aliphatic carbocycles. The summed E-state index contributed by atoms with van der Waals surface area (Å²) in [5.74, 6) is 2.55. The largest absolute Gasteiger partial charge is 0.493 e. The maximum atomic E-state index is 10.9. The predicted molar refractivity (Wildman–Crippen MR) is 122 cm³/mol. The average Bonchev–Trinajstić information content (AvgIpc) is 3.27. The van der Waals surface area contributed by atoms with Gasteiger partial charge in [-0.1, -0.05) is 23.2 Å². The first-order valence-corrected chi connectivity index (χ1v) is 11.5. The van der Waals surface area contributed by atoms with Crippen molar-refractivity contribution in [3.05, 3.63) is 52.7 Å². The number of furan rings is 1.